The van der Waals surface area contributed by atoms with Crippen LogP contribution in [0.25, 0.3) is 10.9 Å². The molecular formula is C18H19NO2. The van der Waals surface area contributed by atoms with Crippen LogP contribution in [-0.2, 0) is 0 Å². The van der Waals surface area contributed by atoms with Gasteiger partial charge in [0.15, 0.2) is 5.78 Å². The number of carbonyl (C=O) groups excluding carboxylic acids is 1. The van der Waals surface area contributed by atoms with E-state index in [-0.39, 0.29) is 0 Å². The molecule has 3 saturated carbocycles. The number of nitrogens with one attached hydrogen (secondary N) is 1. The number of hydrogen-bond acceptors (Lipinski definition) is 2. The monoisotopic (exact) mass is 281 g/mol. The van der Waals surface area contributed by atoms with Gasteiger partial charge in [-0.1, -0.05) is 6.07 Å². The zero-order valence-electron chi connectivity index (χ0n) is 12.1. The van der Waals surface area contributed by atoms with E-state index in [2.05, 4.69) is 4.98 Å². The average molecular weight is 281 g/mol. The lowest BCUT2D eigenvalue weighted by molar-refractivity contribution is 0.0946. The molecule has 0 amide bonds. The summed E-state index contributed by atoms with van der Waals surface area (Å²) >= 11 is 0. The van der Waals surface area contributed by atoms with E-state index in [0.29, 0.717) is 23.5 Å². The first kappa shape index (κ1) is 11.8. The van der Waals surface area contributed by atoms with Crippen molar-refractivity contribution in [1.82, 2.24) is 4.98 Å². The minimum atomic E-state index is 0.292. The molecule has 0 aliphatic heterocycles. The summed E-state index contributed by atoms with van der Waals surface area (Å²) in [5, 5.41) is 0.960. The molecule has 0 radical (unpaired) electrons. The summed E-state index contributed by atoms with van der Waals surface area (Å²) in [7, 11) is 1.67. The summed E-state index contributed by atoms with van der Waals surface area (Å²) in [4.78, 5) is 16.2. The summed E-state index contributed by atoms with van der Waals surface area (Å²) in [5.41, 5.74) is 1.83. The van der Waals surface area contributed by atoms with Crippen molar-refractivity contribution in [2.45, 2.75) is 19.3 Å². The minimum absolute atomic E-state index is 0.292. The Labute approximate surface area is 123 Å². The van der Waals surface area contributed by atoms with Gasteiger partial charge in [-0.3, -0.25) is 4.79 Å². The molecule has 1 N–H and O–H groups in total. The number of aromatic nitrogens is 1. The van der Waals surface area contributed by atoms with Gasteiger partial charge in [-0.15, -0.1) is 0 Å². The van der Waals surface area contributed by atoms with Crippen molar-refractivity contribution in [3.63, 3.8) is 0 Å². The van der Waals surface area contributed by atoms with Gasteiger partial charge in [0.1, 0.15) is 5.75 Å². The van der Waals surface area contributed by atoms with Gasteiger partial charge in [0.05, 0.1) is 12.5 Å². The molecule has 3 fully saturated rings. The molecule has 21 heavy (non-hydrogen) atoms. The summed E-state index contributed by atoms with van der Waals surface area (Å²) in [6.07, 6.45) is 5.97. The lowest BCUT2D eigenvalue weighted by Crippen LogP contribution is -2.09. The zero-order valence-corrected chi connectivity index (χ0v) is 12.1. The first-order chi connectivity index (χ1) is 10.3. The smallest absolute Gasteiger partial charge is 0.168 e. The molecular weight excluding hydrogens is 262 g/mol. The number of hydrogen-bond donors (Lipinski definition) is 1. The quantitative estimate of drug-likeness (QED) is 0.873. The molecule has 1 aromatic carbocycles. The highest BCUT2D eigenvalue weighted by molar-refractivity contribution is 6.12. The molecule has 3 heteroatoms. The number of aromatic amines is 1. The van der Waals surface area contributed by atoms with Gasteiger partial charge in [-0.05, 0) is 55.1 Å². The molecule has 3 aliphatic rings. The summed E-state index contributed by atoms with van der Waals surface area (Å²) < 4.78 is 5.45. The van der Waals surface area contributed by atoms with E-state index in [1.807, 2.05) is 24.4 Å². The van der Waals surface area contributed by atoms with E-state index in [1.54, 1.807) is 7.11 Å². The van der Waals surface area contributed by atoms with Gasteiger partial charge in [0.2, 0.25) is 0 Å². The Morgan fingerprint density at radius 3 is 2.71 bits per heavy atom. The maximum absolute atomic E-state index is 13.0. The number of rotatable bonds is 3. The number of H-pyrrole nitrogens is 1. The second kappa shape index (κ2) is 3.90. The Hall–Kier alpha value is -1.77. The lowest BCUT2D eigenvalue weighted by atomic mass is 9.96. The van der Waals surface area contributed by atoms with Crippen LogP contribution in [0.2, 0.25) is 0 Å². The van der Waals surface area contributed by atoms with E-state index in [1.165, 1.54) is 19.3 Å². The molecule has 1 aromatic heterocycles. The number of benzene rings is 1. The van der Waals surface area contributed by atoms with Crippen LogP contribution in [0.5, 0.6) is 5.75 Å². The van der Waals surface area contributed by atoms with Crippen LogP contribution >= 0.6 is 0 Å². The number of ether oxygens (including phenoxy) is 1. The molecule has 2 aromatic rings. The third kappa shape index (κ3) is 1.42. The van der Waals surface area contributed by atoms with E-state index in [0.717, 1.165) is 34.1 Å². The predicted molar refractivity (Wildman–Crippen MR) is 80.5 cm³/mol. The normalized spacial score (nSPS) is 36.0. The largest absolute Gasteiger partial charge is 0.496 e. The van der Waals surface area contributed by atoms with E-state index in [4.69, 9.17) is 4.74 Å². The van der Waals surface area contributed by atoms with Gasteiger partial charge in [0.25, 0.3) is 0 Å². The Kier molecular flexibility index (Phi) is 2.20. The number of methoxy groups -OCH3 is 1. The molecule has 4 unspecified atom stereocenters. The van der Waals surface area contributed by atoms with Crippen LogP contribution in [0, 0.1) is 29.6 Å². The third-order valence-corrected chi connectivity index (χ3v) is 6.19. The van der Waals surface area contributed by atoms with Crippen LogP contribution in [0.3, 0.4) is 0 Å². The first-order valence-electron chi connectivity index (χ1n) is 7.98. The van der Waals surface area contributed by atoms with E-state index < -0.39 is 0 Å². The maximum Gasteiger partial charge on any atom is 0.168 e. The first-order valence-corrected chi connectivity index (χ1v) is 7.98. The van der Waals surface area contributed by atoms with E-state index in [9.17, 15) is 4.79 Å². The second-order valence-corrected chi connectivity index (χ2v) is 6.96. The minimum Gasteiger partial charge on any atom is -0.496 e. The topological polar surface area (TPSA) is 42.1 Å². The summed E-state index contributed by atoms with van der Waals surface area (Å²) in [5.74, 6) is 4.48. The SMILES string of the molecule is COc1cccc2[nH]cc(C(=O)C3C4C5CCC(C5)C34)c12. The molecule has 2 bridgehead atoms. The summed E-state index contributed by atoms with van der Waals surface area (Å²) in [6, 6.07) is 5.90. The van der Waals surface area contributed by atoms with Crippen LogP contribution in [0.15, 0.2) is 24.4 Å². The number of carbonyl (C=O) groups is 1. The molecule has 5 rings (SSSR count). The molecule has 3 aliphatic carbocycles. The van der Waals surface area contributed by atoms with Gasteiger partial charge in [-0.2, -0.15) is 0 Å². The van der Waals surface area contributed by atoms with Crippen LogP contribution in [0.4, 0.5) is 0 Å². The average Bonchev–Trinajstić information content (AvgIpc) is 2.85. The molecule has 4 atom stereocenters. The predicted octanol–water partition coefficient (Wildman–Crippen LogP) is 3.65. The highest BCUT2D eigenvalue weighted by Crippen LogP contribution is 2.70. The van der Waals surface area contributed by atoms with Crippen molar-refractivity contribution in [2.75, 3.05) is 7.11 Å². The van der Waals surface area contributed by atoms with Crippen molar-refractivity contribution in [1.29, 1.82) is 0 Å². The Morgan fingerprint density at radius 2 is 2.00 bits per heavy atom. The highest BCUT2D eigenvalue weighted by atomic mass is 16.5. The fraction of sp³-hybridized carbons (Fsp3) is 0.500. The van der Waals surface area contributed by atoms with Crippen LogP contribution in [0.1, 0.15) is 29.6 Å². The van der Waals surface area contributed by atoms with Crippen molar-refractivity contribution in [3.8, 4) is 5.75 Å². The van der Waals surface area contributed by atoms with Crippen LogP contribution in [-0.4, -0.2) is 17.9 Å². The molecule has 108 valence electrons. The van der Waals surface area contributed by atoms with Gasteiger partial charge >= 0.3 is 0 Å². The second-order valence-electron chi connectivity index (χ2n) is 6.96. The van der Waals surface area contributed by atoms with Gasteiger partial charge in [0, 0.05) is 23.2 Å². The fourth-order valence-electron chi connectivity index (χ4n) is 5.37. The standard InChI is InChI=1S/C18H19NO2/c1-21-13-4-2-3-12-16(13)11(8-19-12)18(20)17-14-9-5-6-10(7-9)15(14)17/h2-4,8-10,14-15,17,19H,5-7H2,1H3. The molecule has 0 saturated heterocycles. The number of Topliss-reactive ketones (excluding diaryl/α,β-unsaturated/α-hetero) is 1. The maximum atomic E-state index is 13.0. The Balaban J connectivity index is 1.55. The van der Waals surface area contributed by atoms with Crippen molar-refractivity contribution in [2.24, 2.45) is 29.6 Å². The fourth-order valence-corrected chi connectivity index (χ4v) is 5.37. The van der Waals surface area contributed by atoms with Crippen molar-refractivity contribution < 1.29 is 9.53 Å². The van der Waals surface area contributed by atoms with E-state index >= 15 is 0 Å². The number of fused-ring (bicyclic) bond motifs is 6. The third-order valence-electron chi connectivity index (χ3n) is 6.19. The highest BCUT2D eigenvalue weighted by Gasteiger charge is 2.67. The van der Waals surface area contributed by atoms with Gasteiger partial charge < -0.3 is 9.72 Å². The molecule has 0 spiro atoms. The van der Waals surface area contributed by atoms with Crippen LogP contribution < -0.4 is 4.74 Å². The zero-order chi connectivity index (χ0) is 14.1. The van der Waals surface area contributed by atoms with Crippen molar-refractivity contribution >= 4 is 16.7 Å². The molecule has 3 nitrogen and oxygen atoms in total. The molecule has 1 heterocycles. The number of ketones is 1. The lowest BCUT2D eigenvalue weighted by Gasteiger charge is -2.08. The van der Waals surface area contributed by atoms with Gasteiger partial charge in [-0.25, -0.2) is 0 Å². The van der Waals surface area contributed by atoms with Crippen molar-refractivity contribution in [3.05, 3.63) is 30.0 Å². The Bertz CT molecular complexity index is 731. The summed E-state index contributed by atoms with van der Waals surface area (Å²) in [6.45, 7) is 0. The Morgan fingerprint density at radius 1 is 1.24 bits per heavy atom.